The van der Waals surface area contributed by atoms with Gasteiger partial charge in [0.2, 0.25) is 0 Å². The van der Waals surface area contributed by atoms with Gasteiger partial charge in [-0.2, -0.15) is 0 Å². The molecule has 2 aromatic rings. The predicted octanol–water partition coefficient (Wildman–Crippen LogP) is 5.93. The zero-order chi connectivity index (χ0) is 14.9. The molecule has 2 aliphatic rings. The van der Waals surface area contributed by atoms with E-state index in [1.54, 1.807) is 22.3 Å². The Morgan fingerprint density at radius 2 is 1.09 bits per heavy atom. The quantitative estimate of drug-likeness (QED) is 0.444. The Hall–Kier alpha value is -1.03. The van der Waals surface area contributed by atoms with Crippen LogP contribution in [0.15, 0.2) is 36.4 Å². The Morgan fingerprint density at radius 3 is 1.59 bits per heavy atom. The first-order valence-corrected chi connectivity index (χ1v) is 9.48. The van der Waals surface area contributed by atoms with Crippen LogP contribution in [-0.2, 0) is 25.7 Å². The molecule has 0 fully saturated rings. The summed E-state index contributed by atoms with van der Waals surface area (Å²) in [5.74, 6) is 0. The van der Waals surface area contributed by atoms with Gasteiger partial charge in [0.05, 0.1) is 34.2 Å². The van der Waals surface area contributed by atoms with Gasteiger partial charge < -0.3 is 0 Å². The summed E-state index contributed by atoms with van der Waals surface area (Å²) in [6.45, 7) is 0. The maximum Gasteiger partial charge on any atom is 0.0646 e. The molecule has 0 saturated carbocycles. The molecule has 4 rings (SSSR count). The molecule has 0 radical (unpaired) electrons. The van der Waals surface area contributed by atoms with Crippen molar-refractivity contribution in [3.05, 3.63) is 58.7 Å². The van der Waals surface area contributed by atoms with Crippen LogP contribution in [0.2, 0.25) is 0 Å². The maximum absolute atomic E-state index is 2.52. The Bertz CT molecular complexity index is 633. The molecular weight excluding hydrogens is 381 g/mol. The van der Waals surface area contributed by atoms with Crippen molar-refractivity contribution < 1.29 is 0 Å². The number of nitrogens with zero attached hydrogens (tertiary/aromatic N) is 1. The topological polar surface area (TPSA) is 3.24 Å². The summed E-state index contributed by atoms with van der Waals surface area (Å²) in [4.78, 5) is 0. The molecule has 0 unspecified atom stereocenters. The number of benzene rings is 2. The van der Waals surface area contributed by atoms with Crippen LogP contribution in [-0.4, -0.2) is 0 Å². The lowest BCUT2D eigenvalue weighted by Crippen LogP contribution is -2.13. The van der Waals surface area contributed by atoms with Gasteiger partial charge in [0, 0.05) is 0 Å². The highest BCUT2D eigenvalue weighted by molar-refractivity contribution is 14.1. The van der Waals surface area contributed by atoms with E-state index in [1.165, 1.54) is 62.7 Å². The van der Waals surface area contributed by atoms with Gasteiger partial charge in [-0.25, -0.2) is 0 Å². The lowest BCUT2D eigenvalue weighted by molar-refractivity contribution is 0.683. The number of halogens is 1. The fraction of sp³-hybridized carbons (Fsp3) is 0.400. The van der Waals surface area contributed by atoms with E-state index >= 15 is 0 Å². The molecular formula is C20H22IN. The fourth-order valence-corrected chi connectivity index (χ4v) is 4.92. The molecule has 0 spiro atoms. The van der Waals surface area contributed by atoms with Crippen LogP contribution in [0.25, 0.3) is 0 Å². The zero-order valence-electron chi connectivity index (χ0n) is 12.9. The van der Waals surface area contributed by atoms with Crippen molar-refractivity contribution in [2.75, 3.05) is 3.11 Å². The minimum atomic E-state index is 1.24. The van der Waals surface area contributed by atoms with Crippen molar-refractivity contribution in [2.45, 2.75) is 51.4 Å². The van der Waals surface area contributed by atoms with Crippen LogP contribution < -0.4 is 3.11 Å². The third-order valence-electron chi connectivity index (χ3n) is 5.17. The van der Waals surface area contributed by atoms with Gasteiger partial charge in [-0.3, -0.25) is 3.11 Å². The molecule has 22 heavy (non-hydrogen) atoms. The molecule has 0 N–H and O–H groups in total. The highest BCUT2D eigenvalue weighted by Crippen LogP contribution is 2.40. The molecule has 0 bridgehead atoms. The molecule has 1 nitrogen and oxygen atoms in total. The molecule has 0 aliphatic heterocycles. The Morgan fingerprint density at radius 1 is 0.636 bits per heavy atom. The van der Waals surface area contributed by atoms with E-state index in [2.05, 4.69) is 62.4 Å². The minimum absolute atomic E-state index is 1.24. The van der Waals surface area contributed by atoms with E-state index in [-0.39, 0.29) is 0 Å². The van der Waals surface area contributed by atoms with Crippen LogP contribution in [0.3, 0.4) is 0 Å². The SMILES string of the molecule is IN(c1cccc2c1CCCC2)c1cccc2c1CCCC2. The van der Waals surface area contributed by atoms with E-state index < -0.39 is 0 Å². The first-order valence-electron chi connectivity index (χ1n) is 8.52. The average Bonchev–Trinajstić information content (AvgIpc) is 2.60. The molecule has 114 valence electrons. The minimum Gasteiger partial charge on any atom is -0.282 e. The van der Waals surface area contributed by atoms with E-state index in [9.17, 15) is 0 Å². The summed E-state index contributed by atoms with van der Waals surface area (Å²) in [6, 6.07) is 13.7. The summed E-state index contributed by atoms with van der Waals surface area (Å²) in [6.07, 6.45) is 10.3. The summed E-state index contributed by atoms with van der Waals surface area (Å²) in [5.41, 5.74) is 9.12. The molecule has 0 heterocycles. The van der Waals surface area contributed by atoms with E-state index in [0.717, 1.165) is 0 Å². The Balaban J connectivity index is 1.78. The molecule has 0 saturated heterocycles. The molecule has 2 aromatic carbocycles. The van der Waals surface area contributed by atoms with Gasteiger partial charge in [-0.05, 0) is 85.8 Å². The number of aryl methyl sites for hydroxylation is 2. The summed E-state index contributed by atoms with van der Waals surface area (Å²) >= 11 is 2.52. The first-order chi connectivity index (χ1) is 10.8. The van der Waals surface area contributed by atoms with E-state index in [4.69, 9.17) is 0 Å². The van der Waals surface area contributed by atoms with Crippen LogP contribution in [0.4, 0.5) is 11.4 Å². The molecule has 0 aromatic heterocycles. The van der Waals surface area contributed by atoms with Crippen molar-refractivity contribution in [1.29, 1.82) is 0 Å². The number of hydrogen-bond acceptors (Lipinski definition) is 1. The van der Waals surface area contributed by atoms with Crippen LogP contribution >= 0.6 is 22.9 Å². The summed E-state index contributed by atoms with van der Waals surface area (Å²) in [7, 11) is 0. The van der Waals surface area contributed by atoms with Gasteiger partial charge >= 0.3 is 0 Å². The normalized spacial score (nSPS) is 16.8. The van der Waals surface area contributed by atoms with Crippen LogP contribution in [0.1, 0.15) is 47.9 Å². The lowest BCUT2D eigenvalue weighted by atomic mass is 9.89. The predicted molar refractivity (Wildman–Crippen MR) is 102 cm³/mol. The smallest absolute Gasteiger partial charge is 0.0646 e. The van der Waals surface area contributed by atoms with Crippen molar-refractivity contribution in [3.8, 4) is 0 Å². The molecule has 0 atom stereocenters. The molecule has 2 aliphatic carbocycles. The highest BCUT2D eigenvalue weighted by Gasteiger charge is 2.21. The second-order valence-corrected chi connectivity index (χ2v) is 7.49. The second kappa shape index (κ2) is 6.23. The Labute approximate surface area is 147 Å². The van der Waals surface area contributed by atoms with Gasteiger partial charge in [0.1, 0.15) is 0 Å². The number of fused-ring (bicyclic) bond motifs is 2. The third-order valence-corrected chi connectivity index (χ3v) is 6.20. The van der Waals surface area contributed by atoms with Gasteiger partial charge in [-0.1, -0.05) is 24.3 Å². The van der Waals surface area contributed by atoms with Crippen LogP contribution in [0, 0.1) is 0 Å². The number of hydrogen-bond donors (Lipinski definition) is 0. The largest absolute Gasteiger partial charge is 0.282 e. The monoisotopic (exact) mass is 403 g/mol. The fourth-order valence-electron chi connectivity index (χ4n) is 4.02. The number of anilines is 2. The van der Waals surface area contributed by atoms with Crippen molar-refractivity contribution in [1.82, 2.24) is 0 Å². The summed E-state index contributed by atoms with van der Waals surface area (Å²) in [5, 5.41) is 0. The van der Waals surface area contributed by atoms with Crippen molar-refractivity contribution in [3.63, 3.8) is 0 Å². The van der Waals surface area contributed by atoms with Gasteiger partial charge in [0.15, 0.2) is 0 Å². The first kappa shape index (κ1) is 14.6. The number of rotatable bonds is 2. The maximum atomic E-state index is 2.52. The Kier molecular flexibility index (Phi) is 4.12. The molecule has 2 heteroatoms. The second-order valence-electron chi connectivity index (χ2n) is 6.52. The van der Waals surface area contributed by atoms with Crippen LogP contribution in [0.5, 0.6) is 0 Å². The van der Waals surface area contributed by atoms with E-state index in [0.29, 0.717) is 0 Å². The van der Waals surface area contributed by atoms with Crippen molar-refractivity contribution in [2.24, 2.45) is 0 Å². The third kappa shape index (κ3) is 2.55. The van der Waals surface area contributed by atoms with Gasteiger partial charge in [-0.15, -0.1) is 0 Å². The highest BCUT2D eigenvalue weighted by atomic mass is 127. The lowest BCUT2D eigenvalue weighted by Gasteiger charge is -2.28. The average molecular weight is 403 g/mol. The van der Waals surface area contributed by atoms with Crippen molar-refractivity contribution >= 4 is 34.2 Å². The standard InChI is InChI=1S/C20H22IN/c21-22(19-13-5-9-15-7-1-3-11-17(15)19)20-14-6-10-16-8-2-4-12-18(16)20/h5-6,9-10,13-14H,1-4,7-8,11-12H2. The van der Waals surface area contributed by atoms with Gasteiger partial charge in [0.25, 0.3) is 0 Å². The van der Waals surface area contributed by atoms with E-state index in [1.807, 2.05) is 0 Å². The summed E-state index contributed by atoms with van der Waals surface area (Å²) < 4.78 is 2.42. The zero-order valence-corrected chi connectivity index (χ0v) is 15.1. The molecule has 0 amide bonds.